The van der Waals surface area contributed by atoms with E-state index in [1.807, 2.05) is 30.3 Å². The monoisotopic (exact) mass is 351 g/mol. The van der Waals surface area contributed by atoms with Gasteiger partial charge in [0.2, 0.25) is 5.76 Å². The first-order valence-electron chi connectivity index (χ1n) is 7.86. The summed E-state index contributed by atoms with van der Waals surface area (Å²) in [5.41, 5.74) is 2.15. The first-order valence-corrected chi connectivity index (χ1v) is 7.86. The lowest BCUT2D eigenvalue weighted by molar-refractivity contribution is 0.0959. The molecule has 0 fully saturated rings. The molecular formula is C19H17N3O4. The van der Waals surface area contributed by atoms with Gasteiger partial charge in [0.15, 0.2) is 0 Å². The lowest BCUT2D eigenvalue weighted by atomic mass is 10.1. The number of carbonyl (C=O) groups is 2. The number of aromatic nitrogens is 1. The number of ether oxygens (including phenoxy) is 1. The number of hydrogen-bond donors (Lipinski definition) is 2. The fourth-order valence-electron chi connectivity index (χ4n) is 2.40. The van der Waals surface area contributed by atoms with Crippen LogP contribution in [0.2, 0.25) is 0 Å². The third-order valence-electron chi connectivity index (χ3n) is 3.74. The number of benzene rings is 2. The minimum Gasteiger partial charge on any atom is -0.495 e. The van der Waals surface area contributed by atoms with Gasteiger partial charge in [0, 0.05) is 24.2 Å². The number of nitrogens with one attached hydrogen (secondary N) is 2. The predicted octanol–water partition coefficient (Wildman–Crippen LogP) is 2.96. The summed E-state index contributed by atoms with van der Waals surface area (Å²) >= 11 is 0. The van der Waals surface area contributed by atoms with Gasteiger partial charge >= 0.3 is 0 Å². The van der Waals surface area contributed by atoms with E-state index in [0.29, 0.717) is 22.7 Å². The normalized spacial score (nSPS) is 10.2. The van der Waals surface area contributed by atoms with Crippen LogP contribution in [0, 0.1) is 0 Å². The van der Waals surface area contributed by atoms with Crippen molar-refractivity contribution in [2.45, 2.75) is 0 Å². The molecule has 0 aliphatic carbocycles. The fraction of sp³-hybridized carbons (Fsp3) is 0.105. The molecule has 0 radical (unpaired) electrons. The minimum absolute atomic E-state index is 0.0521. The summed E-state index contributed by atoms with van der Waals surface area (Å²) in [5.74, 6) is -0.286. The van der Waals surface area contributed by atoms with Gasteiger partial charge in [0.25, 0.3) is 11.8 Å². The summed E-state index contributed by atoms with van der Waals surface area (Å²) in [7, 11) is 3.01. The van der Waals surface area contributed by atoms with Crippen molar-refractivity contribution in [2.24, 2.45) is 0 Å². The van der Waals surface area contributed by atoms with E-state index in [-0.39, 0.29) is 11.7 Å². The summed E-state index contributed by atoms with van der Waals surface area (Å²) in [5, 5.41) is 9.14. The van der Waals surface area contributed by atoms with Crippen molar-refractivity contribution in [2.75, 3.05) is 19.5 Å². The van der Waals surface area contributed by atoms with Gasteiger partial charge in [-0.1, -0.05) is 35.5 Å². The van der Waals surface area contributed by atoms with Crippen molar-refractivity contribution in [3.05, 3.63) is 65.9 Å². The third kappa shape index (κ3) is 3.56. The molecule has 2 aromatic carbocycles. The number of carbonyl (C=O) groups excluding carboxylic acids is 2. The molecule has 1 aromatic heterocycles. The summed E-state index contributed by atoms with van der Waals surface area (Å²) in [6.45, 7) is 0. The summed E-state index contributed by atoms with van der Waals surface area (Å²) in [6.07, 6.45) is 0. The first kappa shape index (κ1) is 17.2. The highest BCUT2D eigenvalue weighted by Crippen LogP contribution is 2.27. The molecule has 0 spiro atoms. The standard InChI is InChI=1S/C19H17N3O4/c1-20-18(23)13-8-9-16(25-2)15(10-13)21-19(24)17-11-14(22-26-17)12-6-4-3-5-7-12/h3-11H,1-2H3,(H,20,23)(H,21,24). The number of anilines is 1. The molecule has 0 atom stereocenters. The number of hydrogen-bond acceptors (Lipinski definition) is 5. The number of rotatable bonds is 5. The molecule has 3 aromatic rings. The van der Waals surface area contributed by atoms with E-state index in [1.54, 1.807) is 18.2 Å². The molecule has 0 aliphatic heterocycles. The molecule has 0 saturated heterocycles. The second-order valence-electron chi connectivity index (χ2n) is 5.39. The van der Waals surface area contributed by atoms with E-state index in [9.17, 15) is 9.59 Å². The van der Waals surface area contributed by atoms with Gasteiger partial charge in [0.1, 0.15) is 11.4 Å². The van der Waals surface area contributed by atoms with E-state index in [2.05, 4.69) is 15.8 Å². The van der Waals surface area contributed by atoms with Gasteiger partial charge in [-0.2, -0.15) is 0 Å². The van der Waals surface area contributed by atoms with Crippen LogP contribution in [0.15, 0.2) is 59.1 Å². The molecule has 1 heterocycles. The Balaban J connectivity index is 1.84. The van der Waals surface area contributed by atoms with Crippen LogP contribution in [0.3, 0.4) is 0 Å². The molecular weight excluding hydrogens is 334 g/mol. The average Bonchev–Trinajstić information content (AvgIpc) is 3.18. The molecule has 3 rings (SSSR count). The van der Waals surface area contributed by atoms with E-state index in [0.717, 1.165) is 5.56 Å². The van der Waals surface area contributed by atoms with Gasteiger partial charge in [-0.3, -0.25) is 9.59 Å². The van der Waals surface area contributed by atoms with Gasteiger partial charge in [-0.25, -0.2) is 0 Å². The molecule has 7 nitrogen and oxygen atoms in total. The number of nitrogens with zero attached hydrogens (tertiary/aromatic N) is 1. The summed E-state index contributed by atoms with van der Waals surface area (Å²) in [4.78, 5) is 24.3. The second kappa shape index (κ2) is 7.52. The Bertz CT molecular complexity index is 935. The van der Waals surface area contributed by atoms with Crippen LogP contribution in [-0.2, 0) is 0 Å². The smallest absolute Gasteiger partial charge is 0.294 e. The molecule has 26 heavy (non-hydrogen) atoms. The topological polar surface area (TPSA) is 93.5 Å². The van der Waals surface area contributed by atoms with Crippen molar-refractivity contribution < 1.29 is 18.8 Å². The van der Waals surface area contributed by atoms with E-state index >= 15 is 0 Å². The summed E-state index contributed by atoms with van der Waals surface area (Å²) < 4.78 is 10.4. The zero-order valence-corrected chi connectivity index (χ0v) is 14.3. The molecule has 7 heteroatoms. The van der Waals surface area contributed by atoms with Gasteiger partial charge in [0.05, 0.1) is 12.8 Å². The molecule has 0 aliphatic rings. The maximum Gasteiger partial charge on any atom is 0.294 e. The largest absolute Gasteiger partial charge is 0.495 e. The Morgan fingerprint density at radius 1 is 1.04 bits per heavy atom. The number of amides is 2. The molecule has 0 saturated carbocycles. The SMILES string of the molecule is CNC(=O)c1ccc(OC)c(NC(=O)c2cc(-c3ccccc3)no2)c1. The second-order valence-corrected chi connectivity index (χ2v) is 5.39. The lowest BCUT2D eigenvalue weighted by Gasteiger charge is -2.10. The van der Waals surface area contributed by atoms with Gasteiger partial charge in [-0.15, -0.1) is 0 Å². The maximum absolute atomic E-state index is 12.5. The quantitative estimate of drug-likeness (QED) is 0.737. The van der Waals surface area contributed by atoms with Crippen LogP contribution >= 0.6 is 0 Å². The Labute approximate surface area is 150 Å². The summed E-state index contributed by atoms with van der Waals surface area (Å²) in [6, 6.07) is 15.7. The van der Waals surface area contributed by atoms with Crippen molar-refractivity contribution in [3.8, 4) is 17.0 Å². The zero-order valence-electron chi connectivity index (χ0n) is 14.3. The molecule has 132 valence electrons. The first-order chi connectivity index (χ1) is 12.6. The Morgan fingerprint density at radius 3 is 2.50 bits per heavy atom. The predicted molar refractivity (Wildman–Crippen MR) is 96.3 cm³/mol. The van der Waals surface area contributed by atoms with Crippen LogP contribution in [0.1, 0.15) is 20.9 Å². The van der Waals surface area contributed by atoms with E-state index < -0.39 is 5.91 Å². The molecule has 2 amide bonds. The van der Waals surface area contributed by atoms with Gasteiger partial charge in [-0.05, 0) is 18.2 Å². The van der Waals surface area contributed by atoms with E-state index in [1.165, 1.54) is 20.2 Å². The molecule has 0 unspecified atom stereocenters. The van der Waals surface area contributed by atoms with Crippen molar-refractivity contribution in [1.29, 1.82) is 0 Å². The van der Waals surface area contributed by atoms with Crippen LogP contribution in [-0.4, -0.2) is 31.1 Å². The van der Waals surface area contributed by atoms with Gasteiger partial charge < -0.3 is 19.9 Å². The molecule has 0 bridgehead atoms. The lowest BCUT2D eigenvalue weighted by Crippen LogP contribution is -2.18. The highest BCUT2D eigenvalue weighted by atomic mass is 16.5. The average molecular weight is 351 g/mol. The highest BCUT2D eigenvalue weighted by Gasteiger charge is 2.17. The Morgan fingerprint density at radius 2 is 1.81 bits per heavy atom. The minimum atomic E-state index is -0.493. The van der Waals surface area contributed by atoms with Crippen molar-refractivity contribution in [1.82, 2.24) is 10.5 Å². The van der Waals surface area contributed by atoms with Crippen LogP contribution < -0.4 is 15.4 Å². The Hall–Kier alpha value is -3.61. The van der Waals surface area contributed by atoms with Crippen LogP contribution in [0.4, 0.5) is 5.69 Å². The fourth-order valence-corrected chi connectivity index (χ4v) is 2.40. The highest BCUT2D eigenvalue weighted by molar-refractivity contribution is 6.04. The van der Waals surface area contributed by atoms with Crippen molar-refractivity contribution in [3.63, 3.8) is 0 Å². The van der Waals surface area contributed by atoms with Crippen LogP contribution in [0.5, 0.6) is 5.75 Å². The van der Waals surface area contributed by atoms with Crippen LogP contribution in [0.25, 0.3) is 11.3 Å². The van der Waals surface area contributed by atoms with E-state index in [4.69, 9.17) is 9.26 Å². The number of methoxy groups -OCH3 is 1. The Kier molecular flexibility index (Phi) is 4.98. The zero-order chi connectivity index (χ0) is 18.5. The van der Waals surface area contributed by atoms with Crippen molar-refractivity contribution >= 4 is 17.5 Å². The molecule has 2 N–H and O–H groups in total. The third-order valence-corrected chi connectivity index (χ3v) is 3.74. The maximum atomic E-state index is 12.5.